The van der Waals surface area contributed by atoms with Gasteiger partial charge in [-0.15, -0.1) is 0 Å². The highest BCUT2D eigenvalue weighted by Gasteiger charge is 2.30. The van der Waals surface area contributed by atoms with E-state index in [9.17, 15) is 23.5 Å². The Balaban J connectivity index is 1.85. The highest BCUT2D eigenvalue weighted by Crippen LogP contribution is 2.27. The van der Waals surface area contributed by atoms with Gasteiger partial charge in [0.1, 0.15) is 11.9 Å². The summed E-state index contributed by atoms with van der Waals surface area (Å²) in [7, 11) is 1.57. The molecule has 0 aliphatic carbocycles. The molecule has 1 aliphatic heterocycles. The van der Waals surface area contributed by atoms with Crippen molar-refractivity contribution in [1.29, 1.82) is 0 Å². The average Bonchev–Trinajstić information content (AvgIpc) is 3.17. The van der Waals surface area contributed by atoms with E-state index >= 15 is 0 Å². The molecular weight excluding hydrogens is 432 g/mol. The number of aromatic nitrogens is 2. The molecule has 0 fully saturated rings. The molecule has 0 spiro atoms. The van der Waals surface area contributed by atoms with Crippen molar-refractivity contribution in [3.8, 4) is 0 Å². The van der Waals surface area contributed by atoms with Gasteiger partial charge in [-0.05, 0) is 18.1 Å². The Morgan fingerprint density at radius 3 is 2.55 bits per heavy atom. The zero-order valence-corrected chi connectivity index (χ0v) is 18.9. The third-order valence-corrected chi connectivity index (χ3v) is 5.53. The first-order valence-corrected chi connectivity index (χ1v) is 10.5. The fraction of sp³-hybridized carbons (Fsp3) is 0.391. The molecule has 0 amide bonds. The molecule has 2 atom stereocenters. The van der Waals surface area contributed by atoms with Crippen molar-refractivity contribution in [2.45, 2.75) is 33.4 Å². The van der Waals surface area contributed by atoms with Gasteiger partial charge < -0.3 is 10.0 Å². The Labute approximate surface area is 190 Å². The number of halogens is 2. The number of nitrogens with zero attached hydrogens (tertiary/aromatic N) is 4. The molecule has 2 aromatic rings. The van der Waals surface area contributed by atoms with Gasteiger partial charge in [-0.1, -0.05) is 32.0 Å². The maximum atomic E-state index is 14.5. The summed E-state index contributed by atoms with van der Waals surface area (Å²) in [5.41, 5.74) is 3.78. The molecule has 10 heteroatoms. The number of benzene rings is 1. The van der Waals surface area contributed by atoms with Crippen molar-refractivity contribution in [3.63, 3.8) is 0 Å². The van der Waals surface area contributed by atoms with Gasteiger partial charge >= 0.3 is 5.97 Å². The van der Waals surface area contributed by atoms with Crippen molar-refractivity contribution in [1.82, 2.24) is 20.4 Å². The summed E-state index contributed by atoms with van der Waals surface area (Å²) in [5.74, 6) is -3.00. The second kappa shape index (κ2) is 10.0. The van der Waals surface area contributed by atoms with Crippen molar-refractivity contribution in [2.24, 2.45) is 11.8 Å². The third-order valence-electron chi connectivity index (χ3n) is 5.53. The maximum absolute atomic E-state index is 14.5. The number of hydrogen-bond acceptors (Lipinski definition) is 7. The first kappa shape index (κ1) is 24.2. The first-order valence-electron chi connectivity index (χ1n) is 10.5. The number of carboxylic acids is 1. The third kappa shape index (κ3) is 5.51. The lowest BCUT2D eigenvalue weighted by Crippen LogP contribution is -2.36. The highest BCUT2D eigenvalue weighted by atomic mass is 19.1. The van der Waals surface area contributed by atoms with E-state index < -0.39 is 29.6 Å². The number of carboxylic acid groups (broad SMARTS) is 1. The summed E-state index contributed by atoms with van der Waals surface area (Å²) in [6.45, 7) is 5.13. The molecule has 1 aromatic carbocycles. The second-order valence-corrected chi connectivity index (χ2v) is 8.36. The zero-order valence-electron chi connectivity index (χ0n) is 18.9. The fourth-order valence-corrected chi connectivity index (χ4v) is 3.63. The lowest BCUT2D eigenvalue weighted by Gasteiger charge is -2.26. The largest absolute Gasteiger partial charge is 0.481 e. The van der Waals surface area contributed by atoms with Crippen LogP contribution in [0.3, 0.4) is 0 Å². The van der Waals surface area contributed by atoms with E-state index in [4.69, 9.17) is 0 Å². The molecule has 2 N–H and O–H groups in total. The van der Waals surface area contributed by atoms with Crippen LogP contribution in [0.25, 0.3) is 0 Å². The summed E-state index contributed by atoms with van der Waals surface area (Å²) in [6, 6.07) is 5.60. The van der Waals surface area contributed by atoms with Crippen LogP contribution in [0.15, 0.2) is 42.2 Å². The second-order valence-electron chi connectivity index (χ2n) is 8.36. The fourth-order valence-electron chi connectivity index (χ4n) is 3.63. The number of anilines is 1. The Bertz CT molecular complexity index is 1080. The number of allylic oxidation sites excluding steroid dienone is 1. The number of ketones is 1. The summed E-state index contributed by atoms with van der Waals surface area (Å²) < 4.78 is 28.6. The Hall–Kier alpha value is -3.40. The molecule has 176 valence electrons. The first-order chi connectivity index (χ1) is 15.6. The molecule has 1 aromatic heterocycles. The number of aliphatic carboxylic acids is 1. The standard InChI is InChI=1S/C23H27F2N5O3/c1-13(2)16(23(32)33)12-29(4)22-18(25)10-26-21(27-22)19-9-20(14(3)31)30(28-19)11-15-7-5-6-8-17(15)24/h5-10,13,16,19,28H,11-12H2,1-4H3,(H,32,33)/t16-,19?/m1/s1. The van der Waals surface area contributed by atoms with Crippen LogP contribution in [-0.2, 0) is 16.1 Å². The van der Waals surface area contributed by atoms with Gasteiger partial charge in [0.05, 0.1) is 24.4 Å². The Kier molecular flexibility index (Phi) is 7.37. The molecule has 0 saturated heterocycles. The Morgan fingerprint density at radius 2 is 1.94 bits per heavy atom. The van der Waals surface area contributed by atoms with Crippen LogP contribution in [0, 0.1) is 23.5 Å². The van der Waals surface area contributed by atoms with Crippen LogP contribution >= 0.6 is 0 Å². The molecule has 1 aliphatic rings. The van der Waals surface area contributed by atoms with Crippen molar-refractivity contribution in [2.75, 3.05) is 18.5 Å². The predicted octanol–water partition coefficient (Wildman–Crippen LogP) is 3.08. The minimum atomic E-state index is -0.971. The van der Waals surface area contributed by atoms with Crippen LogP contribution in [0.2, 0.25) is 0 Å². The van der Waals surface area contributed by atoms with Crippen molar-refractivity contribution >= 4 is 17.6 Å². The summed E-state index contributed by atoms with van der Waals surface area (Å²) >= 11 is 0. The van der Waals surface area contributed by atoms with E-state index in [2.05, 4.69) is 15.4 Å². The molecule has 0 bridgehead atoms. The van der Waals surface area contributed by atoms with E-state index in [1.54, 1.807) is 45.2 Å². The number of nitrogens with one attached hydrogen (secondary N) is 1. The van der Waals surface area contributed by atoms with Gasteiger partial charge in [0.25, 0.3) is 0 Å². The van der Waals surface area contributed by atoms with Crippen LogP contribution in [-0.4, -0.2) is 45.4 Å². The minimum absolute atomic E-state index is 0.0426. The van der Waals surface area contributed by atoms with Gasteiger partial charge in [-0.25, -0.2) is 24.2 Å². The van der Waals surface area contributed by atoms with E-state index in [1.807, 2.05) is 0 Å². The van der Waals surface area contributed by atoms with E-state index in [1.165, 1.54) is 22.9 Å². The summed E-state index contributed by atoms with van der Waals surface area (Å²) in [5, 5.41) is 11.0. The van der Waals surface area contributed by atoms with Crippen molar-refractivity contribution < 1.29 is 23.5 Å². The van der Waals surface area contributed by atoms with Gasteiger partial charge in [-0.2, -0.15) is 0 Å². The molecule has 1 unspecified atom stereocenters. The smallest absolute Gasteiger partial charge is 0.308 e. The normalized spacial score (nSPS) is 16.6. The maximum Gasteiger partial charge on any atom is 0.308 e. The average molecular weight is 459 g/mol. The van der Waals surface area contributed by atoms with E-state index in [0.29, 0.717) is 11.3 Å². The van der Waals surface area contributed by atoms with Crippen LogP contribution < -0.4 is 10.3 Å². The van der Waals surface area contributed by atoms with Crippen molar-refractivity contribution in [3.05, 3.63) is 65.3 Å². The number of rotatable bonds is 9. The van der Waals surface area contributed by atoms with E-state index in [0.717, 1.165) is 6.20 Å². The van der Waals surface area contributed by atoms with E-state index in [-0.39, 0.29) is 36.4 Å². The zero-order chi connectivity index (χ0) is 24.3. The molecule has 3 rings (SSSR count). The van der Waals surface area contributed by atoms with Crippen LogP contribution in [0.5, 0.6) is 0 Å². The summed E-state index contributed by atoms with van der Waals surface area (Å²) in [6.07, 6.45) is 2.62. The van der Waals surface area contributed by atoms with Gasteiger partial charge in [0.2, 0.25) is 0 Å². The predicted molar refractivity (Wildman–Crippen MR) is 118 cm³/mol. The minimum Gasteiger partial charge on any atom is -0.481 e. The topological polar surface area (TPSA) is 98.7 Å². The quantitative estimate of drug-likeness (QED) is 0.590. The molecule has 0 saturated carbocycles. The SMILES string of the molecule is CC(=O)C1=CC(c2ncc(F)c(N(C)C[C@@H](C(=O)O)C(C)C)n2)NN1Cc1ccccc1F. The molecular formula is C23H27F2N5O3. The lowest BCUT2D eigenvalue weighted by atomic mass is 9.95. The Morgan fingerprint density at radius 1 is 1.24 bits per heavy atom. The highest BCUT2D eigenvalue weighted by molar-refractivity contribution is 5.93. The number of carbonyl (C=O) groups is 2. The summed E-state index contributed by atoms with van der Waals surface area (Å²) in [4.78, 5) is 33.5. The number of hydrazine groups is 1. The van der Waals surface area contributed by atoms with Gasteiger partial charge in [-0.3, -0.25) is 14.6 Å². The monoisotopic (exact) mass is 459 g/mol. The molecule has 2 heterocycles. The van der Waals surface area contributed by atoms with Gasteiger partial charge in [0.15, 0.2) is 23.2 Å². The number of Topliss-reactive ketones (excluding diaryl/α,β-unsaturated/α-hetero) is 1. The lowest BCUT2D eigenvalue weighted by molar-refractivity contribution is -0.142. The molecule has 33 heavy (non-hydrogen) atoms. The molecule has 8 nitrogen and oxygen atoms in total. The van der Waals surface area contributed by atoms with Crippen LogP contribution in [0.1, 0.15) is 38.2 Å². The van der Waals surface area contributed by atoms with Crippen LogP contribution in [0.4, 0.5) is 14.6 Å². The number of carbonyl (C=O) groups excluding carboxylic acids is 1. The van der Waals surface area contributed by atoms with Gasteiger partial charge in [0, 0.05) is 26.1 Å². The molecule has 0 radical (unpaired) electrons. The number of hydrogen-bond donors (Lipinski definition) is 2.